The van der Waals surface area contributed by atoms with E-state index in [1.807, 2.05) is 31.5 Å². The van der Waals surface area contributed by atoms with Crippen molar-refractivity contribution < 1.29 is 14.8 Å². The Labute approximate surface area is 92.0 Å². The van der Waals surface area contributed by atoms with E-state index in [1.54, 1.807) is 16.3 Å². The second kappa shape index (κ2) is 3.62. The van der Waals surface area contributed by atoms with Crippen molar-refractivity contribution in [1.82, 2.24) is 0 Å². The molecule has 0 atom stereocenters. The summed E-state index contributed by atoms with van der Waals surface area (Å²) < 4.78 is 1.80. The van der Waals surface area contributed by atoms with Gasteiger partial charge in [0, 0.05) is 11.0 Å². The molecule has 0 saturated carbocycles. The summed E-state index contributed by atoms with van der Waals surface area (Å²) in [5.74, 6) is -0.155. The van der Waals surface area contributed by atoms with Gasteiger partial charge in [0.1, 0.15) is 7.05 Å². The van der Waals surface area contributed by atoms with E-state index in [0.717, 1.165) is 10.4 Å². The molecule has 0 radical (unpaired) electrons. The molecule has 3 nitrogen and oxygen atoms in total. The lowest BCUT2D eigenvalue weighted by Gasteiger charge is -2.03. The number of benzene rings is 1. The third-order valence-corrected chi connectivity index (χ3v) is 3.12. The van der Waals surface area contributed by atoms with Crippen molar-refractivity contribution in [1.29, 1.82) is 0 Å². The maximum absolute atomic E-state index is 9.68. The summed E-state index contributed by atoms with van der Waals surface area (Å²) in [5.41, 5.74) is 0.900. The van der Waals surface area contributed by atoms with Crippen LogP contribution in [-0.2, 0) is 7.05 Å². The number of nitrogens with zero attached hydrogens (tertiary/aromatic N) is 1. The molecule has 2 N–H and O–H groups in total. The monoisotopic (exact) mass is 222 g/mol. The van der Waals surface area contributed by atoms with Crippen LogP contribution in [0.4, 0.5) is 0 Å². The minimum absolute atomic E-state index is 0.0595. The number of hydrogen-bond acceptors (Lipinski definition) is 3. The lowest BCUT2D eigenvalue weighted by molar-refractivity contribution is -0.645. The van der Waals surface area contributed by atoms with Gasteiger partial charge in [0.2, 0.25) is 17.5 Å². The molecule has 0 aliphatic carbocycles. The number of aryl methyl sites for hydroxylation is 1. The number of hydrogen-bond donors (Lipinski definition) is 2. The highest BCUT2D eigenvalue weighted by molar-refractivity contribution is 7.98. The zero-order chi connectivity index (χ0) is 11.0. The molecule has 1 aromatic carbocycles. The van der Waals surface area contributed by atoms with Crippen molar-refractivity contribution in [3.63, 3.8) is 0 Å². The van der Waals surface area contributed by atoms with Crippen molar-refractivity contribution in [2.45, 2.75) is 4.90 Å². The van der Waals surface area contributed by atoms with E-state index in [0.29, 0.717) is 5.39 Å². The number of fused-ring (bicyclic) bond motifs is 1. The standard InChI is InChI=1S/C11H11NO2S/c1-12-6-10(13)11(14)8-4-3-7(15-2)5-9(8)12/h3-6,13H,1-2H3/p+1. The van der Waals surface area contributed by atoms with E-state index in [4.69, 9.17) is 0 Å². The summed E-state index contributed by atoms with van der Waals surface area (Å²) in [4.78, 5) is 1.13. The number of pyridine rings is 1. The summed E-state index contributed by atoms with van der Waals surface area (Å²) >= 11 is 1.64. The Balaban J connectivity index is 2.84. The van der Waals surface area contributed by atoms with Crippen molar-refractivity contribution in [3.05, 3.63) is 24.4 Å². The lowest BCUT2D eigenvalue weighted by Crippen LogP contribution is -2.28. The molecule has 0 bridgehead atoms. The van der Waals surface area contributed by atoms with Gasteiger partial charge < -0.3 is 10.2 Å². The van der Waals surface area contributed by atoms with Crippen LogP contribution in [-0.4, -0.2) is 16.5 Å². The first-order chi connectivity index (χ1) is 7.13. The van der Waals surface area contributed by atoms with Gasteiger partial charge in [0.25, 0.3) is 0 Å². The van der Waals surface area contributed by atoms with E-state index in [9.17, 15) is 10.2 Å². The maximum Gasteiger partial charge on any atom is 0.223 e. The third kappa shape index (κ3) is 1.61. The molecule has 0 saturated heterocycles. The molecule has 0 aliphatic heterocycles. The molecule has 2 aromatic rings. The molecule has 0 aliphatic rings. The Kier molecular flexibility index (Phi) is 2.44. The minimum atomic E-state index is -0.0955. The fourth-order valence-corrected chi connectivity index (χ4v) is 2.02. The highest BCUT2D eigenvalue weighted by atomic mass is 32.2. The molecule has 1 heterocycles. The molecule has 0 spiro atoms. The lowest BCUT2D eigenvalue weighted by atomic mass is 10.2. The van der Waals surface area contributed by atoms with Crippen LogP contribution in [0.15, 0.2) is 29.3 Å². The molecule has 1 aromatic heterocycles. The van der Waals surface area contributed by atoms with E-state index in [-0.39, 0.29) is 11.5 Å². The van der Waals surface area contributed by atoms with Crippen LogP contribution >= 0.6 is 11.8 Å². The van der Waals surface area contributed by atoms with Crippen LogP contribution in [0.1, 0.15) is 0 Å². The van der Waals surface area contributed by atoms with Crippen molar-refractivity contribution >= 4 is 22.7 Å². The van der Waals surface area contributed by atoms with Gasteiger partial charge in [-0.05, 0) is 18.4 Å². The van der Waals surface area contributed by atoms with Crippen molar-refractivity contribution in [2.24, 2.45) is 7.05 Å². The normalized spacial score (nSPS) is 10.8. The van der Waals surface area contributed by atoms with E-state index >= 15 is 0 Å². The summed E-state index contributed by atoms with van der Waals surface area (Å²) in [7, 11) is 1.84. The Hall–Kier alpha value is -1.42. The predicted molar refractivity (Wildman–Crippen MR) is 60.2 cm³/mol. The van der Waals surface area contributed by atoms with Crippen LogP contribution in [0, 0.1) is 0 Å². The smallest absolute Gasteiger partial charge is 0.223 e. The Morgan fingerprint density at radius 3 is 2.67 bits per heavy atom. The van der Waals surface area contributed by atoms with Gasteiger partial charge in [0.05, 0.1) is 5.39 Å². The second-order valence-electron chi connectivity index (χ2n) is 3.36. The molecular formula is C11H12NO2S+. The number of aromatic nitrogens is 1. The maximum atomic E-state index is 9.68. The van der Waals surface area contributed by atoms with Gasteiger partial charge in [-0.1, -0.05) is 0 Å². The van der Waals surface area contributed by atoms with Crippen LogP contribution in [0.5, 0.6) is 11.5 Å². The first-order valence-electron chi connectivity index (χ1n) is 4.52. The SMILES string of the molecule is CSc1ccc2c(O)c(O)c[n+](C)c2c1. The predicted octanol–water partition coefficient (Wildman–Crippen LogP) is 1.80. The fourth-order valence-electron chi connectivity index (χ4n) is 1.58. The third-order valence-electron chi connectivity index (χ3n) is 2.40. The van der Waals surface area contributed by atoms with Gasteiger partial charge in [-0.3, -0.25) is 0 Å². The van der Waals surface area contributed by atoms with E-state index in [2.05, 4.69) is 0 Å². The summed E-state index contributed by atoms with van der Waals surface area (Å²) in [6.07, 6.45) is 3.50. The minimum Gasteiger partial charge on any atom is -0.504 e. The zero-order valence-electron chi connectivity index (χ0n) is 8.56. The number of rotatable bonds is 1. The van der Waals surface area contributed by atoms with Crippen LogP contribution < -0.4 is 4.57 Å². The highest BCUT2D eigenvalue weighted by Crippen LogP contribution is 2.32. The van der Waals surface area contributed by atoms with Gasteiger partial charge in [-0.25, -0.2) is 0 Å². The fraction of sp³-hybridized carbons (Fsp3) is 0.182. The van der Waals surface area contributed by atoms with Crippen LogP contribution in [0.2, 0.25) is 0 Å². The quantitative estimate of drug-likeness (QED) is 0.571. The zero-order valence-corrected chi connectivity index (χ0v) is 9.38. The van der Waals surface area contributed by atoms with Gasteiger partial charge in [-0.2, -0.15) is 4.57 Å². The molecule has 0 unspecified atom stereocenters. The Morgan fingerprint density at radius 1 is 1.27 bits per heavy atom. The highest BCUT2D eigenvalue weighted by Gasteiger charge is 2.14. The van der Waals surface area contributed by atoms with Gasteiger partial charge in [-0.15, -0.1) is 11.8 Å². The first-order valence-corrected chi connectivity index (χ1v) is 5.74. The summed E-state index contributed by atoms with van der Waals surface area (Å²) in [6.45, 7) is 0. The average molecular weight is 222 g/mol. The largest absolute Gasteiger partial charge is 0.504 e. The summed E-state index contributed by atoms with van der Waals surface area (Å²) in [6, 6.07) is 5.72. The molecular weight excluding hydrogens is 210 g/mol. The number of aromatic hydroxyl groups is 2. The van der Waals surface area contributed by atoms with E-state index < -0.39 is 0 Å². The van der Waals surface area contributed by atoms with E-state index in [1.165, 1.54) is 6.20 Å². The van der Waals surface area contributed by atoms with Crippen LogP contribution in [0.3, 0.4) is 0 Å². The van der Waals surface area contributed by atoms with Crippen LogP contribution in [0.25, 0.3) is 10.9 Å². The molecule has 0 fully saturated rings. The first kappa shape index (κ1) is 10.1. The molecule has 0 amide bonds. The Bertz CT molecular complexity index is 525. The second-order valence-corrected chi connectivity index (χ2v) is 4.24. The average Bonchev–Trinajstić information content (AvgIpc) is 2.25. The molecule has 15 heavy (non-hydrogen) atoms. The van der Waals surface area contributed by atoms with Crippen molar-refractivity contribution in [2.75, 3.05) is 6.26 Å². The Morgan fingerprint density at radius 2 is 2.00 bits per heavy atom. The topological polar surface area (TPSA) is 44.3 Å². The van der Waals surface area contributed by atoms with Gasteiger partial charge in [0.15, 0.2) is 5.75 Å². The van der Waals surface area contributed by atoms with Gasteiger partial charge >= 0.3 is 0 Å². The number of thioether (sulfide) groups is 1. The molecule has 2 rings (SSSR count). The summed E-state index contributed by atoms with van der Waals surface area (Å²) in [5, 5.41) is 19.8. The molecule has 4 heteroatoms. The molecule has 78 valence electrons. The van der Waals surface area contributed by atoms with Crippen molar-refractivity contribution in [3.8, 4) is 11.5 Å².